The number of benzene rings is 1. The van der Waals surface area contributed by atoms with Gasteiger partial charge in [0.2, 0.25) is 0 Å². The predicted molar refractivity (Wildman–Crippen MR) is 56.0 cm³/mol. The van der Waals surface area contributed by atoms with Crippen LogP contribution in [0.15, 0.2) is 18.2 Å². The van der Waals surface area contributed by atoms with E-state index in [2.05, 4.69) is 27.6 Å². The number of rotatable bonds is 0. The summed E-state index contributed by atoms with van der Waals surface area (Å²) in [6.45, 7) is 0. The van der Waals surface area contributed by atoms with Gasteiger partial charge in [-0.1, -0.05) is 11.6 Å². The van der Waals surface area contributed by atoms with Crippen LogP contribution in [0, 0.1) is 9.52 Å². The molecule has 1 N–H and O–H groups in total. The molecule has 0 aliphatic rings. The molecule has 0 unspecified atom stereocenters. The minimum Gasteiger partial charge on any atom is -0.348 e. The first-order chi connectivity index (χ1) is 5.68. The van der Waals surface area contributed by atoms with Crippen LogP contribution in [0.1, 0.15) is 0 Å². The second kappa shape index (κ2) is 2.88. The summed E-state index contributed by atoms with van der Waals surface area (Å²) in [7, 11) is 0. The highest BCUT2D eigenvalue weighted by atomic mass is 127. The topological polar surface area (TPSA) is 15.8 Å². The van der Waals surface area contributed by atoms with E-state index < -0.39 is 0 Å². The van der Waals surface area contributed by atoms with E-state index in [0.717, 1.165) is 9.09 Å². The zero-order valence-electron chi connectivity index (χ0n) is 5.87. The van der Waals surface area contributed by atoms with Crippen molar-refractivity contribution in [2.45, 2.75) is 0 Å². The third kappa shape index (κ3) is 1.21. The van der Waals surface area contributed by atoms with Gasteiger partial charge in [0.25, 0.3) is 0 Å². The molecule has 0 aliphatic carbocycles. The second-order valence-electron chi connectivity index (χ2n) is 2.44. The number of halogens is 3. The Bertz CT molecular complexity index is 399. The highest BCUT2D eigenvalue weighted by molar-refractivity contribution is 14.1. The molecule has 1 nitrogen and oxygen atoms in total. The Morgan fingerprint density at radius 1 is 1.42 bits per heavy atom. The quantitative estimate of drug-likeness (QED) is 0.715. The van der Waals surface area contributed by atoms with Crippen LogP contribution in [0.3, 0.4) is 0 Å². The lowest BCUT2D eigenvalue weighted by Crippen LogP contribution is -1.77. The molecule has 2 aromatic rings. The SMILES string of the molecule is Fc1ccc(Cl)c2cc(I)[nH]c12. The van der Waals surface area contributed by atoms with E-state index in [0.29, 0.717) is 10.5 Å². The molecule has 1 aromatic carbocycles. The molecule has 62 valence electrons. The van der Waals surface area contributed by atoms with Crippen LogP contribution in [-0.4, -0.2) is 4.98 Å². The summed E-state index contributed by atoms with van der Waals surface area (Å²) in [4.78, 5) is 2.89. The third-order valence-corrected chi connectivity index (χ3v) is 2.57. The number of fused-ring (bicyclic) bond motifs is 1. The summed E-state index contributed by atoms with van der Waals surface area (Å²) in [5.74, 6) is -0.266. The van der Waals surface area contributed by atoms with Crippen molar-refractivity contribution in [2.75, 3.05) is 0 Å². The van der Waals surface area contributed by atoms with Gasteiger partial charge in [0.15, 0.2) is 0 Å². The molecule has 0 saturated heterocycles. The van der Waals surface area contributed by atoms with Crippen LogP contribution in [0.25, 0.3) is 10.9 Å². The minimum absolute atomic E-state index is 0.266. The maximum atomic E-state index is 13.1. The lowest BCUT2D eigenvalue weighted by Gasteiger charge is -1.93. The summed E-state index contributed by atoms with van der Waals surface area (Å²) >= 11 is 7.94. The number of aromatic amines is 1. The van der Waals surface area contributed by atoms with Crippen LogP contribution in [0.4, 0.5) is 4.39 Å². The van der Waals surface area contributed by atoms with Crippen molar-refractivity contribution < 1.29 is 4.39 Å². The van der Waals surface area contributed by atoms with Gasteiger partial charge in [0, 0.05) is 5.39 Å². The van der Waals surface area contributed by atoms with Gasteiger partial charge in [0.05, 0.1) is 14.2 Å². The fraction of sp³-hybridized carbons (Fsp3) is 0. The molecule has 1 heterocycles. The van der Waals surface area contributed by atoms with Crippen LogP contribution in [0.5, 0.6) is 0 Å². The Morgan fingerprint density at radius 3 is 2.83 bits per heavy atom. The number of nitrogens with one attached hydrogen (secondary N) is 1. The van der Waals surface area contributed by atoms with Crippen molar-refractivity contribution in [3.63, 3.8) is 0 Å². The molecular formula is C8H4ClFIN. The van der Waals surface area contributed by atoms with Gasteiger partial charge in [-0.15, -0.1) is 0 Å². The van der Waals surface area contributed by atoms with Crippen molar-refractivity contribution in [2.24, 2.45) is 0 Å². The summed E-state index contributed by atoms with van der Waals surface area (Å²) < 4.78 is 14.0. The Labute approximate surface area is 87.1 Å². The average molecular weight is 295 g/mol. The molecule has 0 fully saturated rings. The molecule has 0 aliphatic heterocycles. The lowest BCUT2D eigenvalue weighted by atomic mass is 10.2. The highest BCUT2D eigenvalue weighted by Gasteiger charge is 2.06. The first-order valence-corrected chi connectivity index (χ1v) is 4.76. The van der Waals surface area contributed by atoms with E-state index in [9.17, 15) is 4.39 Å². The van der Waals surface area contributed by atoms with Gasteiger partial charge in [0.1, 0.15) is 5.82 Å². The molecule has 0 radical (unpaired) electrons. The largest absolute Gasteiger partial charge is 0.348 e. The molecule has 0 amide bonds. The predicted octanol–water partition coefficient (Wildman–Crippen LogP) is 3.57. The monoisotopic (exact) mass is 295 g/mol. The van der Waals surface area contributed by atoms with E-state index in [-0.39, 0.29) is 5.82 Å². The molecule has 0 spiro atoms. The molecule has 0 atom stereocenters. The Morgan fingerprint density at radius 2 is 2.17 bits per heavy atom. The molecule has 0 saturated carbocycles. The summed E-state index contributed by atoms with van der Waals surface area (Å²) in [5, 5.41) is 1.31. The van der Waals surface area contributed by atoms with E-state index in [1.54, 1.807) is 6.07 Å². The second-order valence-corrected chi connectivity index (χ2v) is 4.00. The van der Waals surface area contributed by atoms with Crippen LogP contribution < -0.4 is 0 Å². The number of hydrogen-bond acceptors (Lipinski definition) is 0. The fourth-order valence-corrected chi connectivity index (χ4v) is 1.91. The zero-order chi connectivity index (χ0) is 8.72. The van der Waals surface area contributed by atoms with Gasteiger partial charge in [-0.3, -0.25) is 0 Å². The van der Waals surface area contributed by atoms with Crippen molar-refractivity contribution in [1.82, 2.24) is 4.98 Å². The minimum atomic E-state index is -0.266. The molecule has 12 heavy (non-hydrogen) atoms. The maximum Gasteiger partial charge on any atom is 0.147 e. The Hall–Kier alpha value is -0.290. The van der Waals surface area contributed by atoms with Gasteiger partial charge in [-0.25, -0.2) is 4.39 Å². The van der Waals surface area contributed by atoms with E-state index in [4.69, 9.17) is 11.6 Å². The number of hydrogen-bond donors (Lipinski definition) is 1. The van der Waals surface area contributed by atoms with Crippen LogP contribution in [-0.2, 0) is 0 Å². The molecule has 2 rings (SSSR count). The molecule has 0 bridgehead atoms. The van der Waals surface area contributed by atoms with Gasteiger partial charge >= 0.3 is 0 Å². The van der Waals surface area contributed by atoms with Crippen molar-refractivity contribution in [3.8, 4) is 0 Å². The smallest absolute Gasteiger partial charge is 0.147 e. The summed E-state index contributed by atoms with van der Waals surface area (Å²) in [6, 6.07) is 4.74. The van der Waals surface area contributed by atoms with Gasteiger partial charge in [-0.05, 0) is 40.8 Å². The first kappa shape index (κ1) is 8.31. The third-order valence-electron chi connectivity index (χ3n) is 1.66. The highest BCUT2D eigenvalue weighted by Crippen LogP contribution is 2.26. The number of H-pyrrole nitrogens is 1. The first-order valence-electron chi connectivity index (χ1n) is 3.30. The normalized spacial score (nSPS) is 10.9. The lowest BCUT2D eigenvalue weighted by molar-refractivity contribution is 0.637. The van der Waals surface area contributed by atoms with Crippen molar-refractivity contribution in [1.29, 1.82) is 0 Å². The van der Waals surface area contributed by atoms with E-state index in [1.807, 2.05) is 6.07 Å². The van der Waals surface area contributed by atoms with Crippen molar-refractivity contribution >= 4 is 45.1 Å². The van der Waals surface area contributed by atoms with Crippen LogP contribution in [0.2, 0.25) is 5.02 Å². The number of aromatic nitrogens is 1. The molecule has 1 aromatic heterocycles. The van der Waals surface area contributed by atoms with E-state index in [1.165, 1.54) is 6.07 Å². The summed E-state index contributed by atoms with van der Waals surface area (Å²) in [6.07, 6.45) is 0. The standard InChI is InChI=1S/C8H4ClFIN/c9-5-1-2-6(10)8-4(5)3-7(11)12-8/h1-3,12H. The maximum absolute atomic E-state index is 13.1. The van der Waals surface area contributed by atoms with E-state index >= 15 is 0 Å². The van der Waals surface area contributed by atoms with Crippen molar-refractivity contribution in [3.05, 3.63) is 32.7 Å². The van der Waals surface area contributed by atoms with Gasteiger partial charge < -0.3 is 4.98 Å². The molecule has 4 heteroatoms. The summed E-state index contributed by atoms with van der Waals surface area (Å²) in [5.41, 5.74) is 0.479. The average Bonchev–Trinajstić information content (AvgIpc) is 2.41. The Balaban J connectivity index is 2.93. The zero-order valence-corrected chi connectivity index (χ0v) is 8.78. The van der Waals surface area contributed by atoms with Crippen LogP contribution >= 0.6 is 34.2 Å². The fourth-order valence-electron chi connectivity index (χ4n) is 1.12. The van der Waals surface area contributed by atoms with Gasteiger partial charge in [-0.2, -0.15) is 0 Å². The molecular weight excluding hydrogens is 291 g/mol. The Kier molecular flexibility index (Phi) is 2.00.